The van der Waals surface area contributed by atoms with Crippen molar-refractivity contribution in [2.45, 2.75) is 13.0 Å². The summed E-state index contributed by atoms with van der Waals surface area (Å²) in [6.45, 7) is 3.35. The Morgan fingerprint density at radius 1 is 1.32 bits per heavy atom. The topological polar surface area (TPSA) is 152 Å². The van der Waals surface area contributed by atoms with Crippen LogP contribution in [0.5, 0.6) is 11.5 Å². The van der Waals surface area contributed by atoms with Crippen molar-refractivity contribution in [2.75, 3.05) is 37.9 Å². The maximum atomic E-state index is 12.0. The van der Waals surface area contributed by atoms with Gasteiger partial charge in [-0.25, -0.2) is 4.68 Å². The zero-order valence-corrected chi connectivity index (χ0v) is 19.3. The van der Waals surface area contributed by atoms with E-state index in [1.54, 1.807) is 29.9 Å². The standard InChI is InChI=1S/C23H28N8O3/c1-13-16(9-24)17(25)5-6-18(13)28-23-29-22(30-31(23)2)14-4-7-19(20(8-14)33-3)34-12-21(32)27-15-10-26-11-15/h4-9,15,24,26H,10-12,25H2,1-3H3,(H,27,32)(H,28,29,30). The van der Waals surface area contributed by atoms with Gasteiger partial charge < -0.3 is 36.6 Å². The van der Waals surface area contributed by atoms with Crippen LogP contribution in [-0.2, 0) is 11.8 Å². The molecule has 1 saturated heterocycles. The van der Waals surface area contributed by atoms with Crippen LogP contribution in [0.4, 0.5) is 17.3 Å². The average molecular weight is 465 g/mol. The lowest BCUT2D eigenvalue weighted by molar-refractivity contribution is -0.124. The minimum absolute atomic E-state index is 0.0964. The zero-order chi connectivity index (χ0) is 24.2. The molecule has 1 aliphatic heterocycles. The Morgan fingerprint density at radius 2 is 2.12 bits per heavy atom. The van der Waals surface area contributed by atoms with Gasteiger partial charge in [-0.15, -0.1) is 5.10 Å². The van der Waals surface area contributed by atoms with Crippen molar-refractivity contribution in [3.63, 3.8) is 0 Å². The Kier molecular flexibility index (Phi) is 6.64. The molecule has 6 N–H and O–H groups in total. The Hall–Kier alpha value is -4.12. The molecule has 11 nitrogen and oxygen atoms in total. The van der Waals surface area contributed by atoms with Gasteiger partial charge in [0.05, 0.1) is 13.2 Å². The Bertz CT molecular complexity index is 1220. The highest BCUT2D eigenvalue weighted by Crippen LogP contribution is 2.32. The summed E-state index contributed by atoms with van der Waals surface area (Å²) in [5.74, 6) is 1.77. The highest BCUT2D eigenvalue weighted by molar-refractivity contribution is 5.90. The van der Waals surface area contributed by atoms with E-state index in [2.05, 4.69) is 26.0 Å². The maximum Gasteiger partial charge on any atom is 0.258 e. The number of amides is 1. The predicted octanol–water partition coefficient (Wildman–Crippen LogP) is 1.59. The minimum Gasteiger partial charge on any atom is -0.493 e. The van der Waals surface area contributed by atoms with Crippen molar-refractivity contribution in [1.29, 1.82) is 5.41 Å². The van der Waals surface area contributed by atoms with Crippen molar-refractivity contribution in [1.82, 2.24) is 25.4 Å². The number of benzene rings is 2. The molecule has 0 bridgehead atoms. The van der Waals surface area contributed by atoms with E-state index in [0.717, 1.165) is 29.9 Å². The summed E-state index contributed by atoms with van der Waals surface area (Å²) >= 11 is 0. The Labute approximate surface area is 197 Å². The molecule has 2 aromatic carbocycles. The van der Waals surface area contributed by atoms with Crippen molar-refractivity contribution in [3.8, 4) is 22.9 Å². The largest absolute Gasteiger partial charge is 0.493 e. The molecule has 3 aromatic rings. The van der Waals surface area contributed by atoms with Gasteiger partial charge in [-0.3, -0.25) is 4.79 Å². The van der Waals surface area contributed by atoms with Crippen LogP contribution >= 0.6 is 0 Å². The van der Waals surface area contributed by atoms with E-state index in [-0.39, 0.29) is 18.6 Å². The number of anilines is 3. The molecule has 34 heavy (non-hydrogen) atoms. The van der Waals surface area contributed by atoms with Gasteiger partial charge in [0, 0.05) is 48.9 Å². The molecule has 1 amide bonds. The second-order valence-electron chi connectivity index (χ2n) is 7.97. The summed E-state index contributed by atoms with van der Waals surface area (Å²) in [6.07, 6.45) is 1.24. The number of carbonyl (C=O) groups excluding carboxylic acids is 1. The molecule has 1 fully saturated rings. The van der Waals surface area contributed by atoms with Crippen LogP contribution < -0.4 is 31.2 Å². The number of hydrogen-bond donors (Lipinski definition) is 5. The van der Waals surface area contributed by atoms with Crippen molar-refractivity contribution in [3.05, 3.63) is 41.5 Å². The monoisotopic (exact) mass is 464 g/mol. The molecular weight excluding hydrogens is 436 g/mol. The molecule has 0 radical (unpaired) electrons. The summed E-state index contributed by atoms with van der Waals surface area (Å²) in [7, 11) is 3.32. The maximum absolute atomic E-state index is 12.0. The lowest BCUT2D eigenvalue weighted by atomic mass is 10.1. The number of nitrogens with zero attached hydrogens (tertiary/aromatic N) is 3. The fraction of sp³-hybridized carbons (Fsp3) is 0.304. The van der Waals surface area contributed by atoms with Crippen LogP contribution in [0.15, 0.2) is 30.3 Å². The molecule has 1 aliphatic rings. The predicted molar refractivity (Wildman–Crippen MR) is 130 cm³/mol. The lowest BCUT2D eigenvalue weighted by Crippen LogP contribution is -2.57. The molecule has 2 heterocycles. The molecular formula is C23H28N8O3. The molecule has 4 rings (SSSR count). The minimum atomic E-state index is -0.177. The first kappa shape index (κ1) is 23.1. The number of aryl methyl sites for hydroxylation is 1. The molecule has 0 spiro atoms. The fourth-order valence-corrected chi connectivity index (χ4v) is 3.54. The molecule has 0 unspecified atom stereocenters. The summed E-state index contributed by atoms with van der Waals surface area (Å²) < 4.78 is 12.7. The molecule has 11 heteroatoms. The number of nitrogens with one attached hydrogen (secondary N) is 4. The van der Waals surface area contributed by atoms with Crippen molar-refractivity contribution >= 4 is 29.4 Å². The number of nitrogen functional groups attached to an aromatic ring is 1. The van der Waals surface area contributed by atoms with E-state index in [1.165, 1.54) is 13.3 Å². The second-order valence-corrected chi connectivity index (χ2v) is 7.97. The van der Waals surface area contributed by atoms with Gasteiger partial charge in [0.2, 0.25) is 5.95 Å². The number of ether oxygens (including phenoxy) is 2. The van der Waals surface area contributed by atoms with E-state index < -0.39 is 0 Å². The zero-order valence-electron chi connectivity index (χ0n) is 19.3. The summed E-state index contributed by atoms with van der Waals surface area (Å²) in [4.78, 5) is 16.6. The summed E-state index contributed by atoms with van der Waals surface area (Å²) in [5, 5.41) is 21.3. The van der Waals surface area contributed by atoms with E-state index in [4.69, 9.17) is 20.6 Å². The van der Waals surface area contributed by atoms with Gasteiger partial charge in [0.15, 0.2) is 23.9 Å². The number of hydrogen-bond acceptors (Lipinski definition) is 9. The first-order valence-corrected chi connectivity index (χ1v) is 10.8. The second kappa shape index (κ2) is 9.79. The van der Waals surface area contributed by atoms with Crippen LogP contribution in [0.2, 0.25) is 0 Å². The van der Waals surface area contributed by atoms with Gasteiger partial charge in [0.25, 0.3) is 5.91 Å². The van der Waals surface area contributed by atoms with Gasteiger partial charge in [-0.2, -0.15) is 4.98 Å². The number of nitrogens with two attached hydrogens (primary N) is 1. The Morgan fingerprint density at radius 3 is 2.79 bits per heavy atom. The number of carbonyl (C=O) groups is 1. The third-order valence-electron chi connectivity index (χ3n) is 5.63. The summed E-state index contributed by atoms with van der Waals surface area (Å²) in [5.41, 5.74) is 9.52. The van der Waals surface area contributed by atoms with E-state index in [1.807, 2.05) is 19.1 Å². The highest BCUT2D eigenvalue weighted by Gasteiger charge is 2.19. The van der Waals surface area contributed by atoms with E-state index >= 15 is 0 Å². The summed E-state index contributed by atoms with van der Waals surface area (Å²) in [6, 6.07) is 9.07. The molecule has 0 saturated carbocycles. The van der Waals surface area contributed by atoms with E-state index in [9.17, 15) is 4.79 Å². The third-order valence-corrected chi connectivity index (χ3v) is 5.63. The fourth-order valence-electron chi connectivity index (χ4n) is 3.54. The lowest BCUT2D eigenvalue weighted by Gasteiger charge is -2.27. The molecule has 1 aromatic heterocycles. The van der Waals surface area contributed by atoms with Crippen LogP contribution in [0.25, 0.3) is 11.4 Å². The smallest absolute Gasteiger partial charge is 0.258 e. The quantitative estimate of drug-likeness (QED) is 0.236. The SMILES string of the molecule is COc1cc(-c2nc(Nc3ccc(N)c(C=N)c3C)n(C)n2)ccc1OCC(=O)NC1CNC1. The van der Waals surface area contributed by atoms with Crippen molar-refractivity contribution in [2.24, 2.45) is 7.05 Å². The van der Waals surface area contributed by atoms with Crippen LogP contribution in [0.1, 0.15) is 11.1 Å². The van der Waals surface area contributed by atoms with Gasteiger partial charge >= 0.3 is 0 Å². The van der Waals surface area contributed by atoms with Gasteiger partial charge in [-0.05, 0) is 42.8 Å². The van der Waals surface area contributed by atoms with Gasteiger partial charge in [0.1, 0.15) is 0 Å². The number of aromatic nitrogens is 3. The highest BCUT2D eigenvalue weighted by atomic mass is 16.5. The molecule has 0 aliphatic carbocycles. The number of rotatable bonds is 9. The van der Waals surface area contributed by atoms with Crippen molar-refractivity contribution < 1.29 is 14.3 Å². The first-order chi connectivity index (χ1) is 16.4. The third kappa shape index (κ3) is 4.79. The average Bonchev–Trinajstić information content (AvgIpc) is 3.17. The van der Waals surface area contributed by atoms with Crippen LogP contribution in [0, 0.1) is 12.3 Å². The normalized spacial score (nSPS) is 13.1. The van der Waals surface area contributed by atoms with E-state index in [0.29, 0.717) is 34.5 Å². The van der Waals surface area contributed by atoms with Crippen LogP contribution in [-0.4, -0.2) is 59.7 Å². The number of methoxy groups -OCH3 is 1. The van der Waals surface area contributed by atoms with Crippen LogP contribution in [0.3, 0.4) is 0 Å². The first-order valence-electron chi connectivity index (χ1n) is 10.8. The molecule has 0 atom stereocenters. The molecule has 178 valence electrons. The Balaban J connectivity index is 1.50. The van der Waals surface area contributed by atoms with Gasteiger partial charge in [-0.1, -0.05) is 0 Å².